The molecule has 0 aromatic heterocycles. The third-order valence-electron chi connectivity index (χ3n) is 8.68. The SMILES string of the molecule is C[C@H](CC1CCCCC1)C(=O)N1CCC(O)(CN2CCNCC2)C2(CCCC2)C1. The van der Waals surface area contributed by atoms with Crippen LogP contribution in [0.15, 0.2) is 0 Å². The van der Waals surface area contributed by atoms with Crippen LogP contribution in [0, 0.1) is 17.3 Å². The number of nitrogens with zero attached hydrogens (tertiary/aromatic N) is 2. The second-order valence-electron chi connectivity index (χ2n) is 10.7. The summed E-state index contributed by atoms with van der Waals surface area (Å²) in [6, 6.07) is 0. The van der Waals surface area contributed by atoms with E-state index < -0.39 is 5.60 Å². The Morgan fingerprint density at radius 3 is 2.41 bits per heavy atom. The number of amides is 1. The van der Waals surface area contributed by atoms with E-state index in [2.05, 4.69) is 22.0 Å². The molecule has 4 fully saturated rings. The Kier molecular flexibility index (Phi) is 6.87. The maximum absolute atomic E-state index is 13.3. The van der Waals surface area contributed by atoms with Crippen molar-refractivity contribution in [1.82, 2.24) is 15.1 Å². The minimum absolute atomic E-state index is 0.0870. The highest BCUT2D eigenvalue weighted by Crippen LogP contribution is 2.51. The molecule has 1 unspecified atom stereocenters. The van der Waals surface area contributed by atoms with Gasteiger partial charge in [0.2, 0.25) is 5.91 Å². The Bertz CT molecular complexity index is 550. The summed E-state index contributed by atoms with van der Waals surface area (Å²) in [5, 5.41) is 15.3. The maximum atomic E-state index is 13.3. The van der Waals surface area contributed by atoms with Gasteiger partial charge in [0, 0.05) is 57.1 Å². The molecule has 2 aliphatic heterocycles. The summed E-state index contributed by atoms with van der Waals surface area (Å²) in [6.45, 7) is 8.55. The molecule has 2 saturated carbocycles. The summed E-state index contributed by atoms with van der Waals surface area (Å²) >= 11 is 0. The second-order valence-corrected chi connectivity index (χ2v) is 10.7. The fraction of sp³-hybridized carbons (Fsp3) is 0.958. The number of nitrogens with one attached hydrogen (secondary N) is 1. The van der Waals surface area contributed by atoms with Gasteiger partial charge in [0.25, 0.3) is 0 Å². The van der Waals surface area contributed by atoms with Crippen LogP contribution in [-0.4, -0.2) is 72.2 Å². The van der Waals surface area contributed by atoms with Gasteiger partial charge in [0.15, 0.2) is 0 Å². The molecule has 5 nitrogen and oxygen atoms in total. The van der Waals surface area contributed by atoms with E-state index in [0.717, 1.165) is 77.4 Å². The Hall–Kier alpha value is -0.650. The zero-order valence-electron chi connectivity index (χ0n) is 18.6. The van der Waals surface area contributed by atoms with Gasteiger partial charge in [-0.15, -0.1) is 0 Å². The highest BCUT2D eigenvalue weighted by molar-refractivity contribution is 5.78. The molecule has 166 valence electrons. The van der Waals surface area contributed by atoms with Crippen molar-refractivity contribution >= 4 is 5.91 Å². The van der Waals surface area contributed by atoms with Gasteiger partial charge in [-0.3, -0.25) is 9.69 Å². The van der Waals surface area contributed by atoms with E-state index in [0.29, 0.717) is 5.91 Å². The lowest BCUT2D eigenvalue weighted by atomic mass is 9.65. The van der Waals surface area contributed by atoms with Crippen LogP contribution in [0.4, 0.5) is 0 Å². The number of β-amino-alcohol motifs (C(OH)–C–C–N with tert-alkyl or cyclic N) is 1. The zero-order valence-corrected chi connectivity index (χ0v) is 18.6. The molecule has 2 atom stereocenters. The molecule has 0 aromatic carbocycles. The first-order valence-electron chi connectivity index (χ1n) is 12.5. The number of piperidine rings is 1. The van der Waals surface area contributed by atoms with Crippen molar-refractivity contribution in [1.29, 1.82) is 0 Å². The molecule has 4 aliphatic rings. The zero-order chi connectivity index (χ0) is 20.3. The van der Waals surface area contributed by atoms with E-state index in [-0.39, 0.29) is 11.3 Å². The van der Waals surface area contributed by atoms with Gasteiger partial charge in [0.1, 0.15) is 0 Å². The summed E-state index contributed by atoms with van der Waals surface area (Å²) in [4.78, 5) is 17.9. The van der Waals surface area contributed by atoms with Gasteiger partial charge >= 0.3 is 0 Å². The van der Waals surface area contributed by atoms with Crippen molar-refractivity contribution in [2.24, 2.45) is 17.3 Å². The van der Waals surface area contributed by atoms with Crippen molar-refractivity contribution in [2.75, 3.05) is 45.8 Å². The third-order valence-corrected chi connectivity index (χ3v) is 8.68. The van der Waals surface area contributed by atoms with E-state index in [4.69, 9.17) is 0 Å². The molecule has 0 radical (unpaired) electrons. The van der Waals surface area contributed by atoms with Gasteiger partial charge in [-0.2, -0.15) is 0 Å². The van der Waals surface area contributed by atoms with Gasteiger partial charge in [-0.1, -0.05) is 51.9 Å². The lowest BCUT2D eigenvalue weighted by Crippen LogP contribution is -2.65. The molecular weight excluding hydrogens is 362 g/mol. The van der Waals surface area contributed by atoms with Gasteiger partial charge in [0.05, 0.1) is 5.60 Å². The number of rotatable bonds is 5. The molecule has 29 heavy (non-hydrogen) atoms. The van der Waals surface area contributed by atoms with E-state index in [1.165, 1.54) is 44.9 Å². The Morgan fingerprint density at radius 2 is 1.72 bits per heavy atom. The molecule has 2 N–H and O–H groups in total. The Balaban J connectivity index is 1.40. The predicted molar refractivity (Wildman–Crippen MR) is 117 cm³/mol. The fourth-order valence-electron chi connectivity index (χ4n) is 6.86. The maximum Gasteiger partial charge on any atom is 0.225 e. The number of likely N-dealkylation sites (tertiary alicyclic amines) is 1. The summed E-state index contributed by atoms with van der Waals surface area (Å²) in [5.74, 6) is 1.24. The quantitative estimate of drug-likeness (QED) is 0.738. The first kappa shape index (κ1) is 21.6. The first-order chi connectivity index (χ1) is 14.0. The lowest BCUT2D eigenvalue weighted by molar-refractivity contribution is -0.165. The molecule has 0 aromatic rings. The molecule has 1 spiro atoms. The summed E-state index contributed by atoms with van der Waals surface area (Å²) in [7, 11) is 0. The number of aliphatic hydroxyl groups is 1. The minimum Gasteiger partial charge on any atom is -0.388 e. The fourth-order valence-corrected chi connectivity index (χ4v) is 6.86. The van der Waals surface area contributed by atoms with Crippen LogP contribution in [-0.2, 0) is 4.79 Å². The topological polar surface area (TPSA) is 55.8 Å². The molecule has 5 heteroatoms. The standard InChI is InChI=1S/C24H43N3O2/c1-20(17-21-7-3-2-4-8-21)22(28)27-14-11-24(29,19-26-15-12-25-13-16-26)23(18-27)9-5-6-10-23/h20-21,25,29H,2-19H2,1H3/t20-,24?/m1/s1. The predicted octanol–water partition coefficient (Wildman–Crippen LogP) is 3.02. The summed E-state index contributed by atoms with van der Waals surface area (Å²) < 4.78 is 0. The Morgan fingerprint density at radius 1 is 1.03 bits per heavy atom. The number of piperazine rings is 1. The molecule has 0 bridgehead atoms. The van der Waals surface area contributed by atoms with Crippen LogP contribution in [0.5, 0.6) is 0 Å². The monoisotopic (exact) mass is 405 g/mol. The van der Waals surface area contributed by atoms with Crippen LogP contribution in [0.25, 0.3) is 0 Å². The average molecular weight is 406 g/mol. The Labute approximate surface area is 177 Å². The molecule has 4 rings (SSSR count). The largest absolute Gasteiger partial charge is 0.388 e. The highest BCUT2D eigenvalue weighted by Gasteiger charge is 2.56. The lowest BCUT2D eigenvalue weighted by Gasteiger charge is -2.54. The van der Waals surface area contributed by atoms with Crippen LogP contribution in [0.1, 0.15) is 77.6 Å². The number of carbonyl (C=O) groups is 1. The highest BCUT2D eigenvalue weighted by atomic mass is 16.3. The summed E-state index contributed by atoms with van der Waals surface area (Å²) in [6.07, 6.45) is 13.1. The van der Waals surface area contributed by atoms with E-state index in [1.807, 2.05) is 0 Å². The van der Waals surface area contributed by atoms with Crippen molar-refractivity contribution in [2.45, 2.75) is 83.2 Å². The van der Waals surface area contributed by atoms with Crippen molar-refractivity contribution in [3.05, 3.63) is 0 Å². The second kappa shape index (κ2) is 9.23. The van der Waals surface area contributed by atoms with Crippen LogP contribution >= 0.6 is 0 Å². The van der Waals surface area contributed by atoms with E-state index in [1.54, 1.807) is 0 Å². The number of carbonyl (C=O) groups excluding carboxylic acids is 1. The molecule has 2 heterocycles. The van der Waals surface area contributed by atoms with Crippen LogP contribution < -0.4 is 5.32 Å². The van der Waals surface area contributed by atoms with Gasteiger partial charge < -0.3 is 15.3 Å². The minimum atomic E-state index is -0.635. The van der Waals surface area contributed by atoms with Crippen molar-refractivity contribution in [3.63, 3.8) is 0 Å². The molecule has 2 aliphatic carbocycles. The normalized spacial score (nSPS) is 32.6. The average Bonchev–Trinajstić information content (AvgIpc) is 3.21. The van der Waals surface area contributed by atoms with Gasteiger partial charge in [-0.25, -0.2) is 0 Å². The third kappa shape index (κ3) is 4.67. The van der Waals surface area contributed by atoms with E-state index >= 15 is 0 Å². The summed E-state index contributed by atoms with van der Waals surface area (Å²) in [5.41, 5.74) is -0.722. The molecular formula is C24H43N3O2. The molecule has 2 saturated heterocycles. The first-order valence-corrected chi connectivity index (χ1v) is 12.5. The number of hydrogen-bond donors (Lipinski definition) is 2. The van der Waals surface area contributed by atoms with Gasteiger partial charge in [-0.05, 0) is 31.6 Å². The van der Waals surface area contributed by atoms with Crippen molar-refractivity contribution in [3.8, 4) is 0 Å². The smallest absolute Gasteiger partial charge is 0.225 e. The van der Waals surface area contributed by atoms with Crippen LogP contribution in [0.2, 0.25) is 0 Å². The number of hydrogen-bond acceptors (Lipinski definition) is 4. The van der Waals surface area contributed by atoms with Crippen LogP contribution in [0.3, 0.4) is 0 Å². The molecule has 1 amide bonds. The van der Waals surface area contributed by atoms with Crippen molar-refractivity contribution < 1.29 is 9.90 Å². The van der Waals surface area contributed by atoms with E-state index in [9.17, 15) is 9.90 Å².